The molecule has 0 saturated heterocycles. The van der Waals surface area contributed by atoms with Crippen LogP contribution < -0.4 is 5.32 Å². The quantitative estimate of drug-likeness (QED) is 0.253. The average Bonchev–Trinajstić information content (AvgIpc) is 2.84. The van der Waals surface area contributed by atoms with Crippen molar-refractivity contribution in [1.82, 2.24) is 4.98 Å². The van der Waals surface area contributed by atoms with Crippen LogP contribution in [0.5, 0.6) is 0 Å². The van der Waals surface area contributed by atoms with Gasteiger partial charge in [-0.15, -0.1) is 0 Å². The number of fused-ring (bicyclic) bond motifs is 1. The van der Waals surface area contributed by atoms with Crippen molar-refractivity contribution in [3.63, 3.8) is 0 Å². The smallest absolute Gasteiger partial charge is 0.0711 e. The van der Waals surface area contributed by atoms with E-state index in [0.717, 1.165) is 48.9 Å². The number of rotatable bonds is 5. The molecule has 0 saturated carbocycles. The van der Waals surface area contributed by atoms with Crippen molar-refractivity contribution in [3.05, 3.63) is 125 Å². The molecule has 0 aliphatic heterocycles. The average molecular weight is 478 g/mol. The molecule has 3 nitrogen and oxygen atoms in total. The number of hydrogen-bond donors (Lipinski definition) is 2. The van der Waals surface area contributed by atoms with Crippen LogP contribution >= 0.6 is 15.9 Å². The van der Waals surface area contributed by atoms with Gasteiger partial charge in [-0.3, -0.25) is 10.4 Å². The van der Waals surface area contributed by atoms with Gasteiger partial charge in [0.05, 0.1) is 5.71 Å². The fraction of sp³-hybridized carbons (Fsp3) is 0. The minimum Gasteiger partial charge on any atom is -0.355 e. The van der Waals surface area contributed by atoms with Gasteiger partial charge in [0.2, 0.25) is 0 Å². The van der Waals surface area contributed by atoms with E-state index in [0.29, 0.717) is 5.71 Å². The molecule has 0 atom stereocenters. The number of anilines is 2. The second kappa shape index (κ2) is 8.77. The predicted octanol–water partition coefficient (Wildman–Crippen LogP) is 7.82. The van der Waals surface area contributed by atoms with Gasteiger partial charge in [0.1, 0.15) is 0 Å². The molecular formula is C28H20BrN3. The van der Waals surface area contributed by atoms with Gasteiger partial charge in [0.15, 0.2) is 0 Å². The van der Waals surface area contributed by atoms with Crippen LogP contribution in [0.15, 0.2) is 114 Å². The Hall–Kier alpha value is -3.76. The standard InChI is InChI=1S/C28H20BrN3/c29-23-7-4-8-24(18-23)32-26-12-11-20-9-10-22(19-13-15-31-16-14-19)17-25(20)27(26)28(30)21-5-2-1-3-6-21/h1-18,30,32H. The summed E-state index contributed by atoms with van der Waals surface area (Å²) in [6, 6.07) is 32.5. The van der Waals surface area contributed by atoms with Crippen molar-refractivity contribution in [2.24, 2.45) is 0 Å². The zero-order valence-corrected chi connectivity index (χ0v) is 18.8. The van der Waals surface area contributed by atoms with Crippen molar-refractivity contribution in [3.8, 4) is 11.1 Å². The maximum atomic E-state index is 9.12. The lowest BCUT2D eigenvalue weighted by atomic mass is 9.92. The van der Waals surface area contributed by atoms with E-state index in [1.165, 1.54) is 0 Å². The van der Waals surface area contributed by atoms with Crippen molar-refractivity contribution < 1.29 is 0 Å². The van der Waals surface area contributed by atoms with Gasteiger partial charge in [-0.25, -0.2) is 0 Å². The van der Waals surface area contributed by atoms with E-state index in [2.05, 4.69) is 56.6 Å². The van der Waals surface area contributed by atoms with E-state index in [-0.39, 0.29) is 0 Å². The Morgan fingerprint density at radius 2 is 1.53 bits per heavy atom. The highest BCUT2D eigenvalue weighted by atomic mass is 79.9. The van der Waals surface area contributed by atoms with Gasteiger partial charge in [0, 0.05) is 39.4 Å². The zero-order chi connectivity index (χ0) is 21.9. The van der Waals surface area contributed by atoms with E-state index >= 15 is 0 Å². The molecule has 0 fully saturated rings. The van der Waals surface area contributed by atoms with Gasteiger partial charge >= 0.3 is 0 Å². The van der Waals surface area contributed by atoms with Gasteiger partial charge in [-0.05, 0) is 64.4 Å². The molecule has 32 heavy (non-hydrogen) atoms. The number of halogens is 1. The molecule has 2 N–H and O–H groups in total. The summed E-state index contributed by atoms with van der Waals surface area (Å²) >= 11 is 3.55. The number of nitrogens with zero attached hydrogens (tertiary/aromatic N) is 1. The summed E-state index contributed by atoms with van der Waals surface area (Å²) in [6.07, 6.45) is 3.61. The number of hydrogen-bond acceptors (Lipinski definition) is 3. The normalized spacial score (nSPS) is 10.8. The molecule has 4 aromatic carbocycles. The summed E-state index contributed by atoms with van der Waals surface area (Å²) in [4.78, 5) is 4.14. The molecule has 1 aromatic heterocycles. The summed E-state index contributed by atoms with van der Waals surface area (Å²) in [5.74, 6) is 0. The summed E-state index contributed by atoms with van der Waals surface area (Å²) in [5.41, 5.74) is 6.31. The fourth-order valence-corrected chi connectivity index (χ4v) is 4.29. The molecule has 0 spiro atoms. The van der Waals surface area contributed by atoms with Gasteiger partial charge in [-0.2, -0.15) is 0 Å². The van der Waals surface area contributed by atoms with Crippen molar-refractivity contribution in [1.29, 1.82) is 5.41 Å². The highest BCUT2D eigenvalue weighted by Crippen LogP contribution is 2.34. The summed E-state index contributed by atoms with van der Waals surface area (Å²) in [5, 5.41) is 14.8. The molecule has 4 heteroatoms. The molecule has 0 radical (unpaired) electrons. The van der Waals surface area contributed by atoms with Crippen LogP contribution in [0.2, 0.25) is 0 Å². The van der Waals surface area contributed by atoms with Gasteiger partial charge in [0.25, 0.3) is 0 Å². The lowest BCUT2D eigenvalue weighted by Gasteiger charge is -2.17. The molecule has 5 aromatic rings. The van der Waals surface area contributed by atoms with E-state index in [1.54, 1.807) is 12.4 Å². The topological polar surface area (TPSA) is 48.8 Å². The summed E-state index contributed by atoms with van der Waals surface area (Å²) in [7, 11) is 0. The Morgan fingerprint density at radius 1 is 0.750 bits per heavy atom. The van der Waals surface area contributed by atoms with Crippen LogP contribution in [-0.2, 0) is 0 Å². The maximum absolute atomic E-state index is 9.12. The highest BCUT2D eigenvalue weighted by Gasteiger charge is 2.16. The first-order valence-electron chi connectivity index (χ1n) is 10.3. The zero-order valence-electron chi connectivity index (χ0n) is 17.2. The van der Waals surface area contributed by atoms with E-state index < -0.39 is 0 Å². The van der Waals surface area contributed by atoms with Gasteiger partial charge < -0.3 is 5.32 Å². The number of nitrogens with one attached hydrogen (secondary N) is 2. The van der Waals surface area contributed by atoms with Crippen LogP contribution in [0, 0.1) is 5.41 Å². The fourth-order valence-electron chi connectivity index (χ4n) is 3.89. The van der Waals surface area contributed by atoms with Crippen LogP contribution in [0.3, 0.4) is 0 Å². The van der Waals surface area contributed by atoms with Crippen molar-refractivity contribution >= 4 is 43.8 Å². The second-order valence-electron chi connectivity index (χ2n) is 7.54. The molecule has 0 bridgehead atoms. The molecule has 0 amide bonds. The van der Waals surface area contributed by atoms with Crippen LogP contribution in [0.1, 0.15) is 11.1 Å². The van der Waals surface area contributed by atoms with Gasteiger partial charge in [-0.1, -0.05) is 70.5 Å². The SMILES string of the molecule is N=C(c1ccccc1)c1c(Nc2cccc(Br)c2)ccc2ccc(-c3ccncc3)cc12. The van der Waals surface area contributed by atoms with Crippen molar-refractivity contribution in [2.75, 3.05) is 5.32 Å². The first-order chi connectivity index (χ1) is 15.7. The molecule has 5 rings (SSSR count). The Bertz CT molecular complexity index is 1410. The van der Waals surface area contributed by atoms with E-state index in [4.69, 9.17) is 5.41 Å². The Labute approximate surface area is 195 Å². The largest absolute Gasteiger partial charge is 0.355 e. The third-order valence-electron chi connectivity index (χ3n) is 5.45. The molecule has 0 aliphatic rings. The third-order valence-corrected chi connectivity index (χ3v) is 5.94. The third kappa shape index (κ3) is 4.05. The minimum atomic E-state index is 0.487. The summed E-state index contributed by atoms with van der Waals surface area (Å²) in [6.45, 7) is 0. The lowest BCUT2D eigenvalue weighted by Crippen LogP contribution is -2.07. The van der Waals surface area contributed by atoms with E-state index in [9.17, 15) is 0 Å². The minimum absolute atomic E-state index is 0.487. The number of benzene rings is 4. The molecule has 0 unspecified atom stereocenters. The maximum Gasteiger partial charge on any atom is 0.0711 e. The molecule has 0 aliphatic carbocycles. The first-order valence-corrected chi connectivity index (χ1v) is 11.1. The second-order valence-corrected chi connectivity index (χ2v) is 8.45. The van der Waals surface area contributed by atoms with Crippen LogP contribution in [0.25, 0.3) is 21.9 Å². The molecular weight excluding hydrogens is 458 g/mol. The summed E-state index contributed by atoms with van der Waals surface area (Å²) < 4.78 is 1.00. The Kier molecular flexibility index (Phi) is 5.53. The number of pyridine rings is 1. The molecule has 154 valence electrons. The Morgan fingerprint density at radius 3 is 2.31 bits per heavy atom. The monoisotopic (exact) mass is 477 g/mol. The van der Waals surface area contributed by atoms with Crippen molar-refractivity contribution in [2.45, 2.75) is 0 Å². The first kappa shape index (κ1) is 20.2. The Balaban J connectivity index is 1.72. The lowest BCUT2D eigenvalue weighted by molar-refractivity contribution is 1.33. The highest BCUT2D eigenvalue weighted by molar-refractivity contribution is 9.10. The predicted molar refractivity (Wildman–Crippen MR) is 137 cm³/mol. The van der Waals surface area contributed by atoms with Crippen LogP contribution in [-0.4, -0.2) is 10.7 Å². The number of aromatic nitrogens is 1. The van der Waals surface area contributed by atoms with E-state index in [1.807, 2.05) is 66.7 Å². The molecule has 1 heterocycles. The van der Waals surface area contributed by atoms with Crippen LogP contribution in [0.4, 0.5) is 11.4 Å².